The third-order valence-electron chi connectivity index (χ3n) is 1.33. The topological polar surface area (TPSA) is 12.0 Å². The summed E-state index contributed by atoms with van der Waals surface area (Å²) >= 11 is 9.20. The van der Waals surface area contributed by atoms with E-state index in [0.717, 1.165) is 10.2 Å². The highest BCUT2D eigenvalue weighted by molar-refractivity contribution is 9.10. The fourth-order valence-corrected chi connectivity index (χ4v) is 1.37. The summed E-state index contributed by atoms with van der Waals surface area (Å²) in [6.45, 7) is 0.499. The first-order chi connectivity index (χ1) is 5.75. The number of halogens is 2. The van der Waals surface area contributed by atoms with Crippen LogP contribution in [0.15, 0.2) is 22.7 Å². The number of nitrogens with one attached hydrogen (secondary N) is 1. The van der Waals surface area contributed by atoms with Gasteiger partial charge in [0.1, 0.15) is 0 Å². The van der Waals surface area contributed by atoms with E-state index < -0.39 is 0 Å². The Labute approximate surface area is 85.2 Å². The SMILES string of the molecule is C#CCNc1cccc(Cl)c1Br. The molecule has 0 saturated carbocycles. The van der Waals surface area contributed by atoms with Crippen molar-refractivity contribution in [1.29, 1.82) is 0 Å². The van der Waals surface area contributed by atoms with Gasteiger partial charge in [0.05, 0.1) is 21.7 Å². The Morgan fingerprint density at radius 2 is 2.33 bits per heavy atom. The lowest BCUT2D eigenvalue weighted by Gasteiger charge is -2.05. The average Bonchev–Trinajstić information content (AvgIpc) is 2.08. The fraction of sp³-hybridized carbons (Fsp3) is 0.111. The lowest BCUT2D eigenvalue weighted by Crippen LogP contribution is -1.98. The van der Waals surface area contributed by atoms with Crippen LogP contribution < -0.4 is 5.32 Å². The maximum absolute atomic E-state index is 5.85. The second-order valence-corrected chi connectivity index (χ2v) is 3.36. The third-order valence-corrected chi connectivity index (χ3v) is 2.73. The summed E-state index contributed by atoms with van der Waals surface area (Å²) in [5.41, 5.74) is 0.917. The molecule has 62 valence electrons. The Morgan fingerprint density at radius 1 is 1.58 bits per heavy atom. The number of anilines is 1. The molecule has 1 aromatic rings. The monoisotopic (exact) mass is 243 g/mol. The summed E-state index contributed by atoms with van der Waals surface area (Å²) in [6, 6.07) is 5.59. The molecule has 0 aliphatic rings. The maximum atomic E-state index is 5.85. The van der Waals surface area contributed by atoms with Gasteiger partial charge in [-0.15, -0.1) is 6.42 Å². The van der Waals surface area contributed by atoms with E-state index in [1.807, 2.05) is 18.2 Å². The minimum absolute atomic E-state index is 0.499. The molecule has 3 heteroatoms. The van der Waals surface area contributed by atoms with E-state index in [2.05, 4.69) is 27.2 Å². The number of hydrogen-bond donors (Lipinski definition) is 1. The standard InChI is InChI=1S/C9H7BrClN/c1-2-6-12-8-5-3-4-7(11)9(8)10/h1,3-5,12H,6H2. The van der Waals surface area contributed by atoms with Crippen LogP contribution in [0.5, 0.6) is 0 Å². The second kappa shape index (κ2) is 4.39. The van der Waals surface area contributed by atoms with E-state index in [9.17, 15) is 0 Å². The van der Waals surface area contributed by atoms with Gasteiger partial charge in [0.25, 0.3) is 0 Å². The third kappa shape index (κ3) is 2.17. The van der Waals surface area contributed by atoms with Crippen molar-refractivity contribution in [2.45, 2.75) is 0 Å². The molecule has 0 spiro atoms. The molecule has 12 heavy (non-hydrogen) atoms. The minimum Gasteiger partial charge on any atom is -0.373 e. The highest BCUT2D eigenvalue weighted by atomic mass is 79.9. The van der Waals surface area contributed by atoms with Crippen LogP contribution in [0.2, 0.25) is 5.02 Å². The smallest absolute Gasteiger partial charge is 0.0763 e. The van der Waals surface area contributed by atoms with Gasteiger partial charge in [0.2, 0.25) is 0 Å². The van der Waals surface area contributed by atoms with E-state index >= 15 is 0 Å². The van der Waals surface area contributed by atoms with Gasteiger partial charge in [0.15, 0.2) is 0 Å². The normalized spacial score (nSPS) is 9.08. The molecule has 0 amide bonds. The van der Waals surface area contributed by atoms with Gasteiger partial charge in [-0.1, -0.05) is 23.6 Å². The van der Waals surface area contributed by atoms with Crippen molar-refractivity contribution in [3.8, 4) is 12.3 Å². The van der Waals surface area contributed by atoms with Gasteiger partial charge < -0.3 is 5.32 Å². The van der Waals surface area contributed by atoms with Crippen LogP contribution in [0.3, 0.4) is 0 Å². The molecule has 0 bridgehead atoms. The Bertz CT molecular complexity index is 317. The van der Waals surface area contributed by atoms with E-state index in [1.54, 1.807) is 0 Å². The van der Waals surface area contributed by atoms with Crippen LogP contribution in [0, 0.1) is 12.3 Å². The van der Waals surface area contributed by atoms with Crippen molar-refractivity contribution >= 4 is 33.2 Å². The highest BCUT2D eigenvalue weighted by Gasteiger charge is 2.00. The molecular weight excluding hydrogens is 237 g/mol. The van der Waals surface area contributed by atoms with Gasteiger partial charge in [-0.05, 0) is 28.1 Å². The average molecular weight is 245 g/mol. The largest absolute Gasteiger partial charge is 0.373 e. The Morgan fingerprint density at radius 3 is 3.00 bits per heavy atom. The van der Waals surface area contributed by atoms with Crippen LogP contribution in [-0.2, 0) is 0 Å². The minimum atomic E-state index is 0.499. The summed E-state index contributed by atoms with van der Waals surface area (Å²) in [6.07, 6.45) is 5.10. The molecular formula is C9H7BrClN. The van der Waals surface area contributed by atoms with Crippen molar-refractivity contribution in [3.05, 3.63) is 27.7 Å². The Balaban J connectivity index is 2.86. The van der Waals surface area contributed by atoms with Crippen molar-refractivity contribution in [1.82, 2.24) is 0 Å². The zero-order valence-corrected chi connectivity index (χ0v) is 8.61. The molecule has 0 aromatic heterocycles. The van der Waals surface area contributed by atoms with Gasteiger partial charge in [-0.25, -0.2) is 0 Å². The summed E-state index contributed by atoms with van der Waals surface area (Å²) in [4.78, 5) is 0. The van der Waals surface area contributed by atoms with E-state index in [4.69, 9.17) is 18.0 Å². The van der Waals surface area contributed by atoms with Crippen LogP contribution in [-0.4, -0.2) is 6.54 Å². The number of terminal acetylenes is 1. The fourth-order valence-electron chi connectivity index (χ4n) is 0.787. The van der Waals surface area contributed by atoms with Crippen LogP contribution >= 0.6 is 27.5 Å². The van der Waals surface area contributed by atoms with E-state index in [1.165, 1.54) is 0 Å². The van der Waals surface area contributed by atoms with Gasteiger partial charge in [-0.3, -0.25) is 0 Å². The molecule has 0 saturated heterocycles. The zero-order chi connectivity index (χ0) is 8.97. The molecule has 0 unspecified atom stereocenters. The second-order valence-electron chi connectivity index (χ2n) is 2.16. The Kier molecular flexibility index (Phi) is 3.46. The molecule has 1 N–H and O–H groups in total. The lowest BCUT2D eigenvalue weighted by atomic mass is 10.3. The van der Waals surface area contributed by atoms with Gasteiger partial charge in [-0.2, -0.15) is 0 Å². The van der Waals surface area contributed by atoms with Crippen LogP contribution in [0.4, 0.5) is 5.69 Å². The van der Waals surface area contributed by atoms with Crippen LogP contribution in [0.25, 0.3) is 0 Å². The molecule has 0 aliphatic heterocycles. The quantitative estimate of drug-likeness (QED) is 0.788. The number of rotatable bonds is 2. The molecule has 0 atom stereocenters. The summed E-state index contributed by atoms with van der Waals surface area (Å²) in [5, 5.41) is 3.71. The zero-order valence-electron chi connectivity index (χ0n) is 6.27. The molecule has 1 aromatic carbocycles. The molecule has 1 rings (SSSR count). The predicted molar refractivity (Wildman–Crippen MR) is 56.5 cm³/mol. The van der Waals surface area contributed by atoms with E-state index in [0.29, 0.717) is 11.6 Å². The van der Waals surface area contributed by atoms with Gasteiger partial charge in [0, 0.05) is 0 Å². The first kappa shape index (κ1) is 9.44. The Hall–Kier alpha value is -0.650. The van der Waals surface area contributed by atoms with Crippen LogP contribution in [0.1, 0.15) is 0 Å². The van der Waals surface area contributed by atoms with Crippen molar-refractivity contribution in [2.24, 2.45) is 0 Å². The summed E-state index contributed by atoms with van der Waals surface area (Å²) in [7, 11) is 0. The first-order valence-electron chi connectivity index (χ1n) is 3.37. The molecule has 0 aliphatic carbocycles. The highest BCUT2D eigenvalue weighted by Crippen LogP contribution is 2.29. The molecule has 0 heterocycles. The maximum Gasteiger partial charge on any atom is 0.0763 e. The molecule has 1 nitrogen and oxygen atoms in total. The number of hydrogen-bond acceptors (Lipinski definition) is 1. The first-order valence-corrected chi connectivity index (χ1v) is 4.54. The number of benzene rings is 1. The predicted octanol–water partition coefficient (Wildman–Crippen LogP) is 3.15. The molecule has 0 fully saturated rings. The van der Waals surface area contributed by atoms with Crippen molar-refractivity contribution in [2.75, 3.05) is 11.9 Å². The van der Waals surface area contributed by atoms with Crippen molar-refractivity contribution < 1.29 is 0 Å². The van der Waals surface area contributed by atoms with E-state index in [-0.39, 0.29) is 0 Å². The molecule has 0 radical (unpaired) electrons. The lowest BCUT2D eigenvalue weighted by molar-refractivity contribution is 1.37. The van der Waals surface area contributed by atoms with Crippen molar-refractivity contribution in [3.63, 3.8) is 0 Å². The summed E-state index contributed by atoms with van der Waals surface area (Å²) in [5.74, 6) is 2.49. The summed E-state index contributed by atoms with van der Waals surface area (Å²) < 4.78 is 0.849. The van der Waals surface area contributed by atoms with Gasteiger partial charge >= 0.3 is 0 Å².